The number of carbonyl (C=O) groups excluding carboxylic acids is 2. The van der Waals surface area contributed by atoms with Gasteiger partial charge in [-0.25, -0.2) is 4.79 Å². The summed E-state index contributed by atoms with van der Waals surface area (Å²) >= 11 is 12.7. The summed E-state index contributed by atoms with van der Waals surface area (Å²) in [5.41, 5.74) is 2.69. The first-order valence-electron chi connectivity index (χ1n) is 10.1. The fourth-order valence-electron chi connectivity index (χ4n) is 3.01. The summed E-state index contributed by atoms with van der Waals surface area (Å²) in [5, 5.41) is 0.913. The maximum absolute atomic E-state index is 13.2. The molecule has 0 aliphatic carbocycles. The van der Waals surface area contributed by atoms with Crippen molar-refractivity contribution in [2.24, 2.45) is 0 Å². The summed E-state index contributed by atoms with van der Waals surface area (Å²) in [6.45, 7) is 3.97. The fraction of sp³-hybridized carbons (Fsp3) is 0.200. The Kier molecular flexibility index (Phi) is 8.14. The third kappa shape index (κ3) is 6.02. The summed E-state index contributed by atoms with van der Waals surface area (Å²) in [6.07, 6.45) is 0. The van der Waals surface area contributed by atoms with E-state index in [1.807, 2.05) is 31.2 Å². The lowest BCUT2D eigenvalue weighted by Crippen LogP contribution is -2.34. The van der Waals surface area contributed by atoms with Gasteiger partial charge in [-0.2, -0.15) is 0 Å². The van der Waals surface area contributed by atoms with E-state index in [1.54, 1.807) is 49.4 Å². The van der Waals surface area contributed by atoms with E-state index in [4.69, 9.17) is 32.7 Å². The lowest BCUT2D eigenvalue weighted by Gasteiger charge is -2.24. The fourth-order valence-corrected chi connectivity index (χ4v) is 3.53. The minimum Gasteiger partial charge on any atom is -0.484 e. The molecule has 1 amide bonds. The largest absolute Gasteiger partial charge is 0.484 e. The number of hydrogen-bond acceptors (Lipinski definition) is 4. The standard InChI is InChI=1S/C25H23Cl2NO4/c1-3-31-25(30)18-9-11-19(12-10-18)28(15-21-22(26)5-4-6-23(21)27)24(29)16-32-20-13-7-17(2)8-14-20/h4-14H,3,15-16H2,1-2H3. The van der Waals surface area contributed by atoms with E-state index in [9.17, 15) is 9.59 Å². The normalized spacial score (nSPS) is 10.5. The molecule has 3 rings (SSSR count). The Morgan fingerprint density at radius 2 is 1.53 bits per heavy atom. The van der Waals surface area contributed by atoms with Crippen molar-refractivity contribution in [3.63, 3.8) is 0 Å². The van der Waals surface area contributed by atoms with Crippen LogP contribution in [-0.4, -0.2) is 25.1 Å². The van der Waals surface area contributed by atoms with Crippen LogP contribution in [-0.2, 0) is 16.1 Å². The molecule has 0 fully saturated rings. The number of hydrogen-bond donors (Lipinski definition) is 0. The molecule has 3 aromatic rings. The van der Waals surface area contributed by atoms with Gasteiger partial charge in [0.15, 0.2) is 6.61 Å². The number of benzene rings is 3. The van der Waals surface area contributed by atoms with Crippen molar-refractivity contribution < 1.29 is 19.1 Å². The van der Waals surface area contributed by atoms with E-state index < -0.39 is 5.97 Å². The molecule has 0 bridgehead atoms. The highest BCUT2D eigenvalue weighted by Crippen LogP contribution is 2.28. The number of rotatable bonds is 8. The average Bonchev–Trinajstić information content (AvgIpc) is 2.79. The van der Waals surface area contributed by atoms with E-state index in [2.05, 4.69) is 0 Å². The SMILES string of the molecule is CCOC(=O)c1ccc(N(Cc2c(Cl)cccc2Cl)C(=O)COc2ccc(C)cc2)cc1. The number of aryl methyl sites for hydroxylation is 1. The van der Waals surface area contributed by atoms with Crippen molar-refractivity contribution >= 4 is 40.8 Å². The second kappa shape index (κ2) is 11.0. The van der Waals surface area contributed by atoms with Crippen LogP contribution >= 0.6 is 23.2 Å². The summed E-state index contributed by atoms with van der Waals surface area (Å²) in [7, 11) is 0. The predicted octanol–water partition coefficient (Wildman–Crippen LogP) is 6.09. The Balaban J connectivity index is 1.85. The molecule has 32 heavy (non-hydrogen) atoms. The van der Waals surface area contributed by atoms with Gasteiger partial charge in [0, 0.05) is 21.3 Å². The number of esters is 1. The number of anilines is 1. The molecule has 0 aliphatic heterocycles. The van der Waals surface area contributed by atoms with Gasteiger partial charge in [-0.15, -0.1) is 0 Å². The third-order valence-electron chi connectivity index (χ3n) is 4.75. The Bertz CT molecular complexity index is 1060. The Morgan fingerprint density at radius 3 is 2.12 bits per heavy atom. The van der Waals surface area contributed by atoms with Gasteiger partial charge >= 0.3 is 5.97 Å². The van der Waals surface area contributed by atoms with Crippen molar-refractivity contribution in [3.8, 4) is 5.75 Å². The molecule has 0 spiro atoms. The van der Waals surface area contributed by atoms with Gasteiger partial charge in [-0.3, -0.25) is 4.79 Å². The zero-order chi connectivity index (χ0) is 23.1. The van der Waals surface area contributed by atoms with Gasteiger partial charge in [0.2, 0.25) is 0 Å². The van der Waals surface area contributed by atoms with Crippen molar-refractivity contribution in [3.05, 3.63) is 93.5 Å². The smallest absolute Gasteiger partial charge is 0.338 e. The van der Waals surface area contributed by atoms with Crippen molar-refractivity contribution in [1.82, 2.24) is 0 Å². The maximum atomic E-state index is 13.2. The van der Waals surface area contributed by atoms with Crippen LogP contribution in [0, 0.1) is 6.92 Å². The lowest BCUT2D eigenvalue weighted by molar-refractivity contribution is -0.120. The number of nitrogens with zero attached hydrogens (tertiary/aromatic N) is 1. The average molecular weight is 472 g/mol. The molecule has 166 valence electrons. The summed E-state index contributed by atoms with van der Waals surface area (Å²) in [4.78, 5) is 26.6. The van der Waals surface area contributed by atoms with E-state index in [-0.39, 0.29) is 25.7 Å². The van der Waals surface area contributed by atoms with E-state index in [0.717, 1.165) is 5.56 Å². The monoisotopic (exact) mass is 471 g/mol. The lowest BCUT2D eigenvalue weighted by atomic mass is 10.1. The van der Waals surface area contributed by atoms with Crippen LogP contribution in [0.3, 0.4) is 0 Å². The molecule has 0 N–H and O–H groups in total. The zero-order valence-corrected chi connectivity index (χ0v) is 19.3. The summed E-state index contributed by atoms with van der Waals surface area (Å²) < 4.78 is 10.7. The topological polar surface area (TPSA) is 55.8 Å². The zero-order valence-electron chi connectivity index (χ0n) is 17.8. The van der Waals surface area contributed by atoms with Gasteiger partial charge in [-0.1, -0.05) is 47.0 Å². The molecule has 7 heteroatoms. The highest BCUT2D eigenvalue weighted by molar-refractivity contribution is 6.36. The van der Waals surface area contributed by atoms with Gasteiger partial charge in [0.1, 0.15) is 5.75 Å². The van der Waals surface area contributed by atoms with Crippen molar-refractivity contribution in [2.75, 3.05) is 18.1 Å². The summed E-state index contributed by atoms with van der Waals surface area (Å²) in [5.74, 6) is -0.114. The molecule has 0 saturated carbocycles. The molecule has 5 nitrogen and oxygen atoms in total. The number of ether oxygens (including phenoxy) is 2. The van der Waals surface area contributed by atoms with Crippen molar-refractivity contribution in [1.29, 1.82) is 0 Å². The molecule has 0 aliphatic rings. The van der Waals surface area contributed by atoms with Gasteiger partial charge in [0.05, 0.1) is 18.7 Å². The van der Waals surface area contributed by atoms with E-state index in [0.29, 0.717) is 32.6 Å². The molecule has 0 unspecified atom stereocenters. The second-order valence-corrected chi connectivity index (χ2v) is 7.86. The van der Waals surface area contributed by atoms with Gasteiger partial charge < -0.3 is 14.4 Å². The Morgan fingerprint density at radius 1 is 0.906 bits per heavy atom. The van der Waals surface area contributed by atoms with E-state index in [1.165, 1.54) is 4.90 Å². The van der Waals surface area contributed by atoms with Crippen LogP contribution < -0.4 is 9.64 Å². The van der Waals surface area contributed by atoms with Crippen LogP contribution in [0.4, 0.5) is 5.69 Å². The highest BCUT2D eigenvalue weighted by Gasteiger charge is 2.20. The van der Waals surface area contributed by atoms with E-state index >= 15 is 0 Å². The minimum absolute atomic E-state index is 0.146. The van der Waals surface area contributed by atoms with Gasteiger partial charge in [-0.05, 0) is 62.4 Å². The maximum Gasteiger partial charge on any atom is 0.338 e. The molecule has 0 atom stereocenters. The quantitative estimate of drug-likeness (QED) is 0.373. The van der Waals surface area contributed by atoms with Crippen LogP contribution in [0.25, 0.3) is 0 Å². The third-order valence-corrected chi connectivity index (χ3v) is 5.46. The first kappa shape index (κ1) is 23.6. The molecule has 3 aromatic carbocycles. The van der Waals surface area contributed by atoms with Crippen LogP contribution in [0.15, 0.2) is 66.7 Å². The molecular formula is C25H23Cl2NO4. The van der Waals surface area contributed by atoms with Crippen LogP contribution in [0.5, 0.6) is 5.75 Å². The molecule has 0 saturated heterocycles. The predicted molar refractivity (Wildman–Crippen MR) is 127 cm³/mol. The van der Waals surface area contributed by atoms with Crippen LogP contribution in [0.1, 0.15) is 28.4 Å². The molecule has 0 radical (unpaired) electrons. The highest BCUT2D eigenvalue weighted by atomic mass is 35.5. The first-order valence-corrected chi connectivity index (χ1v) is 10.8. The minimum atomic E-state index is -0.422. The molecule has 0 heterocycles. The molecular weight excluding hydrogens is 449 g/mol. The Labute approximate surface area is 197 Å². The first-order chi connectivity index (χ1) is 15.4. The Hall–Kier alpha value is -3.02. The van der Waals surface area contributed by atoms with Crippen LogP contribution in [0.2, 0.25) is 10.0 Å². The molecule has 0 aromatic heterocycles. The number of amides is 1. The summed E-state index contributed by atoms with van der Waals surface area (Å²) in [6, 6.07) is 19.2. The second-order valence-electron chi connectivity index (χ2n) is 7.05. The van der Waals surface area contributed by atoms with Gasteiger partial charge in [0.25, 0.3) is 5.91 Å². The number of halogens is 2. The number of carbonyl (C=O) groups is 2. The van der Waals surface area contributed by atoms with Crippen molar-refractivity contribution in [2.45, 2.75) is 20.4 Å².